The fourth-order valence-corrected chi connectivity index (χ4v) is 4.29. The van der Waals surface area contributed by atoms with Crippen LogP contribution in [-0.4, -0.2) is 28.5 Å². The van der Waals surface area contributed by atoms with Crippen molar-refractivity contribution in [2.75, 3.05) is 11.5 Å². The molecule has 0 radical (unpaired) electrons. The summed E-state index contributed by atoms with van der Waals surface area (Å²) >= 11 is 1.54. The molecule has 6 heteroatoms. The second-order valence-electron chi connectivity index (χ2n) is 6.50. The molecule has 0 unspecified atom stereocenters. The maximum Gasteiger partial charge on any atom is 0.265 e. The van der Waals surface area contributed by atoms with E-state index in [0.717, 1.165) is 28.7 Å². The minimum absolute atomic E-state index is 0.0205. The molecule has 1 aliphatic rings. The van der Waals surface area contributed by atoms with E-state index in [0.29, 0.717) is 5.88 Å². The Balaban J connectivity index is 1.53. The zero-order valence-electron chi connectivity index (χ0n) is 14.5. The highest BCUT2D eigenvalue weighted by atomic mass is 32.1. The van der Waals surface area contributed by atoms with E-state index < -0.39 is 0 Å². The molecule has 26 heavy (non-hydrogen) atoms. The van der Waals surface area contributed by atoms with Crippen LogP contribution in [0.2, 0.25) is 0 Å². The largest absolute Gasteiger partial charge is 0.467 e. The van der Waals surface area contributed by atoms with Crippen LogP contribution in [0.25, 0.3) is 10.2 Å². The fourth-order valence-electron chi connectivity index (χ4n) is 3.57. The third-order valence-electron chi connectivity index (χ3n) is 4.80. The Morgan fingerprint density at radius 1 is 1.12 bits per heavy atom. The number of para-hydroxylation sites is 1. The van der Waals surface area contributed by atoms with Crippen LogP contribution in [-0.2, 0) is 4.79 Å². The zero-order chi connectivity index (χ0) is 17.8. The normalized spacial score (nSPS) is 15.1. The lowest BCUT2D eigenvalue weighted by Gasteiger charge is -2.34. The van der Waals surface area contributed by atoms with Crippen LogP contribution in [0.4, 0.5) is 5.69 Å². The first kappa shape index (κ1) is 17.0. The molecule has 2 aromatic heterocycles. The molecular formula is C20H21N3O2S. The smallest absolute Gasteiger partial charge is 0.265 e. The average molecular weight is 367 g/mol. The van der Waals surface area contributed by atoms with E-state index in [9.17, 15) is 4.79 Å². The van der Waals surface area contributed by atoms with Crippen molar-refractivity contribution in [3.05, 3.63) is 48.1 Å². The monoisotopic (exact) mass is 367 g/mol. The lowest BCUT2D eigenvalue weighted by molar-refractivity contribution is -0.121. The van der Waals surface area contributed by atoms with Gasteiger partial charge in [0.25, 0.3) is 5.91 Å². The average Bonchev–Trinajstić information content (AvgIpc) is 3.18. The van der Waals surface area contributed by atoms with Gasteiger partial charge in [-0.3, -0.25) is 4.79 Å². The van der Waals surface area contributed by atoms with Crippen LogP contribution < -0.4 is 9.64 Å². The summed E-state index contributed by atoms with van der Waals surface area (Å²) in [5, 5.41) is 2.81. The van der Waals surface area contributed by atoms with Crippen molar-refractivity contribution in [1.82, 2.24) is 9.97 Å². The number of aromatic nitrogens is 2. The Bertz CT molecular complexity index is 875. The van der Waals surface area contributed by atoms with Crippen molar-refractivity contribution in [1.29, 1.82) is 0 Å². The van der Waals surface area contributed by atoms with Gasteiger partial charge in [0, 0.05) is 11.7 Å². The molecule has 134 valence electrons. The molecule has 1 saturated carbocycles. The molecule has 0 atom stereocenters. The highest BCUT2D eigenvalue weighted by Crippen LogP contribution is 2.28. The Morgan fingerprint density at radius 3 is 2.73 bits per heavy atom. The molecule has 5 nitrogen and oxygen atoms in total. The van der Waals surface area contributed by atoms with Gasteiger partial charge in [-0.25, -0.2) is 9.97 Å². The lowest BCUT2D eigenvalue weighted by Crippen LogP contribution is -2.44. The second kappa shape index (κ2) is 7.83. The molecule has 1 aromatic carbocycles. The predicted octanol–water partition coefficient (Wildman–Crippen LogP) is 4.44. The Hall–Kier alpha value is -2.47. The molecular weight excluding hydrogens is 346 g/mol. The molecule has 0 N–H and O–H groups in total. The van der Waals surface area contributed by atoms with Crippen molar-refractivity contribution in [3.8, 4) is 5.88 Å². The molecule has 0 saturated heterocycles. The first-order valence-corrected chi connectivity index (χ1v) is 9.89. The molecule has 0 spiro atoms. The topological polar surface area (TPSA) is 55.3 Å². The second-order valence-corrected chi connectivity index (χ2v) is 7.39. The molecule has 2 heterocycles. The van der Waals surface area contributed by atoms with Crippen LogP contribution in [0, 0.1) is 0 Å². The van der Waals surface area contributed by atoms with Gasteiger partial charge in [-0.15, -0.1) is 11.3 Å². The van der Waals surface area contributed by atoms with E-state index in [1.807, 2.05) is 46.7 Å². The molecule has 3 aromatic rings. The third kappa shape index (κ3) is 3.55. The van der Waals surface area contributed by atoms with Gasteiger partial charge in [0.15, 0.2) is 6.61 Å². The summed E-state index contributed by atoms with van der Waals surface area (Å²) < 4.78 is 5.80. The van der Waals surface area contributed by atoms with Crippen molar-refractivity contribution < 1.29 is 9.53 Å². The number of anilines is 1. The van der Waals surface area contributed by atoms with Crippen molar-refractivity contribution in [2.45, 2.75) is 38.1 Å². The highest BCUT2D eigenvalue weighted by Gasteiger charge is 2.27. The van der Waals surface area contributed by atoms with Gasteiger partial charge in [-0.1, -0.05) is 37.5 Å². The van der Waals surface area contributed by atoms with E-state index in [2.05, 4.69) is 9.97 Å². The Labute approximate surface area is 156 Å². The number of benzene rings is 1. The number of amides is 1. The summed E-state index contributed by atoms with van der Waals surface area (Å²) in [6.07, 6.45) is 7.16. The summed E-state index contributed by atoms with van der Waals surface area (Å²) in [6.45, 7) is -0.0205. The van der Waals surface area contributed by atoms with Crippen LogP contribution in [0.3, 0.4) is 0 Å². The SMILES string of the molecule is O=C(COc1ncnc2sccc12)N(c1ccccc1)C1CCCCC1. The number of hydrogen-bond donors (Lipinski definition) is 0. The number of thiophene rings is 1. The summed E-state index contributed by atoms with van der Waals surface area (Å²) in [5.74, 6) is 0.450. The van der Waals surface area contributed by atoms with Crippen molar-refractivity contribution >= 4 is 33.1 Å². The van der Waals surface area contributed by atoms with Crippen LogP contribution >= 0.6 is 11.3 Å². The van der Waals surface area contributed by atoms with Gasteiger partial charge in [0.05, 0.1) is 5.39 Å². The van der Waals surface area contributed by atoms with Gasteiger partial charge in [-0.2, -0.15) is 0 Å². The Kier molecular flexibility index (Phi) is 5.11. The van der Waals surface area contributed by atoms with E-state index in [1.54, 1.807) is 0 Å². The van der Waals surface area contributed by atoms with Gasteiger partial charge in [-0.05, 0) is 36.4 Å². The van der Waals surface area contributed by atoms with E-state index in [-0.39, 0.29) is 18.6 Å². The number of hydrogen-bond acceptors (Lipinski definition) is 5. The van der Waals surface area contributed by atoms with E-state index in [4.69, 9.17) is 4.74 Å². The zero-order valence-corrected chi connectivity index (χ0v) is 15.3. The number of fused-ring (bicyclic) bond motifs is 1. The maximum absolute atomic E-state index is 13.1. The highest BCUT2D eigenvalue weighted by molar-refractivity contribution is 7.16. The van der Waals surface area contributed by atoms with E-state index in [1.165, 1.54) is 36.9 Å². The Morgan fingerprint density at radius 2 is 1.92 bits per heavy atom. The molecule has 1 aliphatic carbocycles. The minimum atomic E-state index is -0.0231. The number of carbonyl (C=O) groups excluding carboxylic acids is 1. The fraction of sp³-hybridized carbons (Fsp3) is 0.350. The lowest BCUT2D eigenvalue weighted by atomic mass is 9.93. The summed E-state index contributed by atoms with van der Waals surface area (Å²) in [7, 11) is 0. The first-order valence-electron chi connectivity index (χ1n) is 9.01. The molecule has 1 fully saturated rings. The molecule has 0 bridgehead atoms. The van der Waals surface area contributed by atoms with Gasteiger partial charge >= 0.3 is 0 Å². The van der Waals surface area contributed by atoms with E-state index >= 15 is 0 Å². The number of ether oxygens (including phenoxy) is 1. The number of nitrogens with zero attached hydrogens (tertiary/aromatic N) is 3. The number of rotatable bonds is 5. The van der Waals surface area contributed by atoms with Crippen molar-refractivity contribution in [3.63, 3.8) is 0 Å². The third-order valence-corrected chi connectivity index (χ3v) is 5.62. The summed E-state index contributed by atoms with van der Waals surface area (Å²) in [6, 6.07) is 12.1. The summed E-state index contributed by atoms with van der Waals surface area (Å²) in [4.78, 5) is 24.3. The van der Waals surface area contributed by atoms with Gasteiger partial charge in [0.2, 0.25) is 5.88 Å². The van der Waals surface area contributed by atoms with Crippen molar-refractivity contribution in [2.24, 2.45) is 0 Å². The number of carbonyl (C=O) groups is 1. The molecule has 4 rings (SSSR count). The maximum atomic E-state index is 13.1. The quantitative estimate of drug-likeness (QED) is 0.669. The van der Waals surface area contributed by atoms with Crippen LogP contribution in [0.15, 0.2) is 48.1 Å². The summed E-state index contributed by atoms with van der Waals surface area (Å²) in [5.41, 5.74) is 0.941. The van der Waals surface area contributed by atoms with Gasteiger partial charge in [0.1, 0.15) is 11.2 Å². The van der Waals surface area contributed by atoms with Crippen LogP contribution in [0.1, 0.15) is 32.1 Å². The minimum Gasteiger partial charge on any atom is -0.467 e. The van der Waals surface area contributed by atoms with Gasteiger partial charge < -0.3 is 9.64 Å². The molecule has 0 aliphatic heterocycles. The standard InChI is InChI=1S/C20H21N3O2S/c24-18(13-25-19-17-11-12-26-20(17)22-14-21-19)23(15-7-3-1-4-8-15)16-9-5-2-6-10-16/h1,3-4,7-8,11-12,14,16H,2,5-6,9-10,13H2. The molecule has 1 amide bonds. The first-order chi connectivity index (χ1) is 12.8. The van der Waals surface area contributed by atoms with Crippen LogP contribution in [0.5, 0.6) is 5.88 Å². The predicted molar refractivity (Wildman–Crippen MR) is 104 cm³/mol.